The predicted octanol–water partition coefficient (Wildman–Crippen LogP) is 11.7. The first-order valence-corrected chi connectivity index (χ1v) is 21.1. The minimum atomic E-state index is -4.76. The van der Waals surface area contributed by atoms with Crippen molar-refractivity contribution < 1.29 is 37.9 Å². The number of rotatable bonds is 35. The maximum atomic E-state index is 12.3. The molecule has 0 saturated heterocycles. The second-order valence-electron chi connectivity index (χ2n) is 12.9. The van der Waals surface area contributed by atoms with Gasteiger partial charge in [0.15, 0.2) is 6.10 Å². The lowest BCUT2D eigenvalue weighted by Crippen LogP contribution is -2.29. The van der Waals surface area contributed by atoms with E-state index < -0.39 is 32.5 Å². The fourth-order valence-corrected chi connectivity index (χ4v) is 5.48. The zero-order chi connectivity index (χ0) is 36.8. The Labute approximate surface area is 305 Å². The van der Waals surface area contributed by atoms with Crippen LogP contribution in [0.1, 0.15) is 168 Å². The Bertz CT molecular complexity index is 995. The van der Waals surface area contributed by atoms with Crippen LogP contribution >= 0.6 is 7.82 Å². The monoisotopic (exact) mass is 722 g/mol. The maximum Gasteiger partial charge on any atom is 0.469 e. The molecular weight excluding hydrogens is 651 g/mol. The van der Waals surface area contributed by atoms with Crippen LogP contribution in [0, 0.1) is 0 Å². The maximum absolute atomic E-state index is 12.3. The van der Waals surface area contributed by atoms with E-state index in [1.54, 1.807) is 0 Å². The number of carbonyl (C=O) groups excluding carboxylic acids is 2. The highest BCUT2D eigenvalue weighted by Crippen LogP contribution is 2.36. The highest BCUT2D eigenvalue weighted by atomic mass is 31.2. The Hall–Kier alpha value is -2.25. The van der Waals surface area contributed by atoms with Crippen LogP contribution in [0.3, 0.4) is 0 Å². The standard InChI is InChI=1S/C41H71O8P/c1-3-5-7-9-11-13-15-17-18-19-20-21-22-24-25-27-29-31-33-35-40(42)47-37-39(38-48-50(44,45)46)49-41(43)36-34-32-30-28-26-23-16-14-12-10-8-6-4-2/h6,8,11-14,17-18,23,26,39H,3-5,7,9-10,15-16,19-22,24-25,27-38H2,1-2H3,(H2,44,45,46)/b8-6-,13-11-,14-12-,18-17-,26-23-. The van der Waals surface area contributed by atoms with Gasteiger partial charge in [-0.2, -0.15) is 0 Å². The van der Waals surface area contributed by atoms with Crippen molar-refractivity contribution in [3.05, 3.63) is 60.8 Å². The summed E-state index contributed by atoms with van der Waals surface area (Å²) < 4.78 is 26.3. The molecule has 0 aliphatic rings. The zero-order valence-corrected chi connectivity index (χ0v) is 32.4. The third-order valence-corrected chi connectivity index (χ3v) is 8.51. The van der Waals surface area contributed by atoms with Crippen LogP contribution in [0.15, 0.2) is 60.8 Å². The molecule has 0 rings (SSSR count). The van der Waals surface area contributed by atoms with Gasteiger partial charge in [0, 0.05) is 12.8 Å². The summed E-state index contributed by atoms with van der Waals surface area (Å²) in [7, 11) is -4.76. The molecule has 0 spiro atoms. The van der Waals surface area contributed by atoms with Crippen LogP contribution in [0.2, 0.25) is 0 Å². The lowest BCUT2D eigenvalue weighted by atomic mass is 10.1. The minimum Gasteiger partial charge on any atom is -0.462 e. The summed E-state index contributed by atoms with van der Waals surface area (Å²) in [6.45, 7) is 3.50. The van der Waals surface area contributed by atoms with Crippen molar-refractivity contribution in [1.82, 2.24) is 0 Å². The van der Waals surface area contributed by atoms with Crippen molar-refractivity contribution in [2.45, 2.75) is 174 Å². The van der Waals surface area contributed by atoms with Gasteiger partial charge in [-0.1, -0.05) is 139 Å². The van der Waals surface area contributed by atoms with Crippen LogP contribution in [0.4, 0.5) is 0 Å². The number of phosphoric ester groups is 1. The fourth-order valence-electron chi connectivity index (χ4n) is 5.12. The summed E-state index contributed by atoms with van der Waals surface area (Å²) in [5.74, 6) is -0.928. The SMILES string of the molecule is CC/C=C\C/C=C\C/C=C\CCCCCC(=O)OC(COC(=O)CCCCCCCCCCC/C=C\C/C=C\CCCCC)COP(=O)(O)O. The fraction of sp³-hybridized carbons (Fsp3) is 0.707. The van der Waals surface area contributed by atoms with Gasteiger partial charge in [-0.05, 0) is 77.0 Å². The normalized spacial score (nSPS) is 13.1. The quantitative estimate of drug-likeness (QED) is 0.0287. The van der Waals surface area contributed by atoms with Crippen LogP contribution in [-0.2, 0) is 28.2 Å². The molecule has 0 radical (unpaired) electrons. The summed E-state index contributed by atoms with van der Waals surface area (Å²) in [5.41, 5.74) is 0. The summed E-state index contributed by atoms with van der Waals surface area (Å²) in [5, 5.41) is 0. The molecule has 9 heteroatoms. The summed E-state index contributed by atoms with van der Waals surface area (Å²) >= 11 is 0. The van der Waals surface area contributed by atoms with Crippen molar-refractivity contribution in [2.75, 3.05) is 13.2 Å². The Morgan fingerprint density at radius 2 is 0.960 bits per heavy atom. The van der Waals surface area contributed by atoms with Crippen LogP contribution in [0.5, 0.6) is 0 Å². The molecule has 1 unspecified atom stereocenters. The van der Waals surface area contributed by atoms with Crippen LogP contribution in [-0.4, -0.2) is 41.0 Å². The van der Waals surface area contributed by atoms with Crippen LogP contribution < -0.4 is 0 Å². The van der Waals surface area contributed by atoms with E-state index in [1.807, 2.05) is 0 Å². The molecule has 0 aromatic heterocycles. The highest BCUT2D eigenvalue weighted by Gasteiger charge is 2.22. The molecule has 0 aromatic carbocycles. The first-order valence-electron chi connectivity index (χ1n) is 19.6. The number of hydrogen-bond donors (Lipinski definition) is 2. The zero-order valence-electron chi connectivity index (χ0n) is 31.5. The van der Waals surface area contributed by atoms with Gasteiger partial charge < -0.3 is 19.3 Å². The van der Waals surface area contributed by atoms with E-state index in [2.05, 4.69) is 79.1 Å². The number of unbranched alkanes of at least 4 members (excludes halogenated alkanes) is 15. The van der Waals surface area contributed by atoms with Gasteiger partial charge in [0.25, 0.3) is 0 Å². The van der Waals surface area contributed by atoms with E-state index in [0.29, 0.717) is 12.8 Å². The largest absolute Gasteiger partial charge is 0.469 e. The van der Waals surface area contributed by atoms with Gasteiger partial charge in [0.1, 0.15) is 6.61 Å². The van der Waals surface area contributed by atoms with E-state index in [-0.39, 0.29) is 19.4 Å². The lowest BCUT2D eigenvalue weighted by molar-refractivity contribution is -0.161. The number of carbonyl (C=O) groups is 2. The van der Waals surface area contributed by atoms with Gasteiger partial charge in [0.2, 0.25) is 0 Å². The highest BCUT2D eigenvalue weighted by molar-refractivity contribution is 7.46. The molecule has 1 atom stereocenters. The Kier molecular flexibility index (Phi) is 34.9. The Morgan fingerprint density at radius 3 is 1.46 bits per heavy atom. The molecule has 50 heavy (non-hydrogen) atoms. The molecule has 0 aromatic rings. The van der Waals surface area contributed by atoms with Gasteiger partial charge in [-0.3, -0.25) is 14.1 Å². The molecule has 0 aliphatic carbocycles. The third-order valence-electron chi connectivity index (χ3n) is 8.02. The first-order chi connectivity index (χ1) is 24.3. The third kappa shape index (κ3) is 38.6. The van der Waals surface area contributed by atoms with Gasteiger partial charge in [0.05, 0.1) is 6.61 Å². The molecule has 2 N–H and O–H groups in total. The number of hydrogen-bond acceptors (Lipinski definition) is 6. The second-order valence-corrected chi connectivity index (χ2v) is 14.1. The molecule has 0 saturated carbocycles. The van der Waals surface area contributed by atoms with Gasteiger partial charge in [-0.25, -0.2) is 4.57 Å². The summed E-state index contributed by atoms with van der Waals surface area (Å²) in [6.07, 6.45) is 45.2. The molecule has 0 bridgehead atoms. The van der Waals surface area contributed by atoms with E-state index in [0.717, 1.165) is 70.6 Å². The minimum absolute atomic E-state index is 0.173. The number of esters is 2. The van der Waals surface area contributed by atoms with Crippen molar-refractivity contribution >= 4 is 19.8 Å². The molecule has 0 heterocycles. The van der Waals surface area contributed by atoms with Crippen molar-refractivity contribution in [3.8, 4) is 0 Å². The molecule has 288 valence electrons. The van der Waals surface area contributed by atoms with Crippen molar-refractivity contribution in [3.63, 3.8) is 0 Å². The number of phosphoric acid groups is 1. The smallest absolute Gasteiger partial charge is 0.462 e. The van der Waals surface area contributed by atoms with E-state index in [4.69, 9.17) is 19.3 Å². The van der Waals surface area contributed by atoms with Gasteiger partial charge >= 0.3 is 19.8 Å². The molecule has 8 nitrogen and oxygen atoms in total. The van der Waals surface area contributed by atoms with Crippen molar-refractivity contribution in [2.24, 2.45) is 0 Å². The number of ether oxygens (including phenoxy) is 2. The molecule has 0 fully saturated rings. The number of allylic oxidation sites excluding steroid dienone is 10. The second kappa shape index (κ2) is 36.5. The predicted molar refractivity (Wildman–Crippen MR) is 207 cm³/mol. The summed E-state index contributed by atoms with van der Waals surface area (Å²) in [6, 6.07) is 0. The topological polar surface area (TPSA) is 119 Å². The van der Waals surface area contributed by atoms with E-state index >= 15 is 0 Å². The molecule has 0 aliphatic heterocycles. The Balaban J connectivity index is 3.97. The van der Waals surface area contributed by atoms with Crippen molar-refractivity contribution in [1.29, 1.82) is 0 Å². The van der Waals surface area contributed by atoms with Gasteiger partial charge in [-0.15, -0.1) is 0 Å². The summed E-state index contributed by atoms with van der Waals surface area (Å²) in [4.78, 5) is 42.7. The van der Waals surface area contributed by atoms with E-state index in [9.17, 15) is 14.2 Å². The Morgan fingerprint density at radius 1 is 0.540 bits per heavy atom. The average Bonchev–Trinajstić information content (AvgIpc) is 3.08. The lowest BCUT2D eigenvalue weighted by Gasteiger charge is -2.18. The molecule has 0 amide bonds. The first kappa shape index (κ1) is 47.8. The van der Waals surface area contributed by atoms with E-state index in [1.165, 1.54) is 57.8 Å². The molecular formula is C41H71O8P. The van der Waals surface area contributed by atoms with Crippen LogP contribution in [0.25, 0.3) is 0 Å². The average molecular weight is 723 g/mol.